The number of furan rings is 1. The largest absolute Gasteiger partial charge is 0.468 e. The summed E-state index contributed by atoms with van der Waals surface area (Å²) in [7, 11) is 0. The van der Waals surface area contributed by atoms with Gasteiger partial charge in [0.05, 0.1) is 12.8 Å². The lowest BCUT2D eigenvalue weighted by Gasteiger charge is -2.07. The lowest BCUT2D eigenvalue weighted by atomic mass is 10.2. The van der Waals surface area contributed by atoms with E-state index < -0.39 is 5.51 Å². The minimum Gasteiger partial charge on any atom is -0.468 e. The second-order valence-electron chi connectivity index (χ2n) is 3.87. The highest BCUT2D eigenvalue weighted by molar-refractivity contribution is 8.00. The van der Waals surface area contributed by atoms with Crippen molar-refractivity contribution in [3.8, 4) is 0 Å². The molecule has 0 spiro atoms. The Labute approximate surface area is 113 Å². The Morgan fingerprint density at radius 2 is 1.79 bits per heavy atom. The summed E-state index contributed by atoms with van der Waals surface area (Å²) < 4.78 is 41.6. The summed E-state index contributed by atoms with van der Waals surface area (Å²) in [5.41, 5.74) is -3.31. The molecule has 1 aromatic carbocycles. The van der Waals surface area contributed by atoms with Crippen molar-refractivity contribution in [3.63, 3.8) is 0 Å². The highest BCUT2D eigenvalue weighted by Crippen LogP contribution is 2.36. The van der Waals surface area contributed by atoms with Gasteiger partial charge in [-0.05, 0) is 41.6 Å². The van der Waals surface area contributed by atoms with Gasteiger partial charge < -0.3 is 9.73 Å². The van der Waals surface area contributed by atoms with Crippen LogP contribution in [-0.4, -0.2) is 5.51 Å². The summed E-state index contributed by atoms with van der Waals surface area (Å²) in [5, 5.41) is 3.15. The summed E-state index contributed by atoms with van der Waals surface area (Å²) in [5.74, 6) is 0.823. The Morgan fingerprint density at radius 3 is 2.37 bits per heavy atom. The molecule has 0 aliphatic rings. The van der Waals surface area contributed by atoms with E-state index in [1.54, 1.807) is 24.5 Å². The second-order valence-corrected chi connectivity index (χ2v) is 5.01. The van der Waals surface area contributed by atoms with E-state index in [1.807, 2.05) is 6.07 Å². The number of alkyl halides is 3. The van der Waals surface area contributed by atoms with E-state index in [2.05, 4.69) is 5.32 Å². The molecule has 0 amide bonds. The third-order valence-corrected chi connectivity index (χ3v) is 3.10. The maximum atomic E-state index is 12.1. The van der Waals surface area contributed by atoms with Crippen LogP contribution in [-0.2, 0) is 13.1 Å². The predicted octanol–water partition coefficient (Wildman–Crippen LogP) is 4.18. The molecule has 6 heteroatoms. The molecule has 1 heterocycles. The van der Waals surface area contributed by atoms with Crippen molar-refractivity contribution >= 4 is 11.8 Å². The molecule has 0 atom stereocenters. The van der Waals surface area contributed by atoms with Crippen molar-refractivity contribution in [2.24, 2.45) is 0 Å². The van der Waals surface area contributed by atoms with Crippen LogP contribution in [0.5, 0.6) is 0 Å². The number of rotatable bonds is 5. The second kappa shape index (κ2) is 6.16. The van der Waals surface area contributed by atoms with Gasteiger partial charge in [-0.3, -0.25) is 0 Å². The zero-order valence-electron chi connectivity index (χ0n) is 9.91. The maximum Gasteiger partial charge on any atom is 0.446 e. The highest BCUT2D eigenvalue weighted by Gasteiger charge is 2.28. The molecule has 19 heavy (non-hydrogen) atoms. The zero-order valence-corrected chi connectivity index (χ0v) is 10.7. The van der Waals surface area contributed by atoms with Gasteiger partial charge in [-0.15, -0.1) is 0 Å². The first kappa shape index (κ1) is 14.0. The summed E-state index contributed by atoms with van der Waals surface area (Å²) in [6.45, 7) is 1.17. The molecule has 0 radical (unpaired) electrons. The number of halogens is 3. The van der Waals surface area contributed by atoms with Gasteiger partial charge in [-0.1, -0.05) is 12.1 Å². The third kappa shape index (κ3) is 5.00. The van der Waals surface area contributed by atoms with Gasteiger partial charge in [-0.2, -0.15) is 13.2 Å². The van der Waals surface area contributed by atoms with E-state index in [1.165, 1.54) is 12.1 Å². The first-order valence-corrected chi connectivity index (χ1v) is 6.42. The molecule has 0 aliphatic heterocycles. The number of hydrogen-bond donors (Lipinski definition) is 1. The van der Waals surface area contributed by atoms with E-state index in [9.17, 15) is 13.2 Å². The zero-order chi connectivity index (χ0) is 13.7. The van der Waals surface area contributed by atoms with Gasteiger partial charge in [0.15, 0.2) is 0 Å². The Hall–Kier alpha value is -1.40. The average Bonchev–Trinajstić information content (AvgIpc) is 2.82. The molecular weight excluding hydrogens is 275 g/mol. The fourth-order valence-corrected chi connectivity index (χ4v) is 2.09. The average molecular weight is 287 g/mol. The molecule has 0 saturated heterocycles. The number of benzene rings is 1. The van der Waals surface area contributed by atoms with Crippen LogP contribution in [0.3, 0.4) is 0 Å². The van der Waals surface area contributed by atoms with E-state index in [4.69, 9.17) is 4.42 Å². The molecule has 2 nitrogen and oxygen atoms in total. The van der Waals surface area contributed by atoms with Crippen molar-refractivity contribution in [3.05, 3.63) is 54.0 Å². The minimum absolute atomic E-state index is 0.104. The van der Waals surface area contributed by atoms with Gasteiger partial charge in [0.2, 0.25) is 0 Å². The smallest absolute Gasteiger partial charge is 0.446 e. The van der Waals surface area contributed by atoms with Gasteiger partial charge in [-0.25, -0.2) is 0 Å². The molecule has 1 N–H and O–H groups in total. The van der Waals surface area contributed by atoms with Gasteiger partial charge in [0.25, 0.3) is 0 Å². The fourth-order valence-electron chi connectivity index (χ4n) is 1.55. The normalized spacial score (nSPS) is 11.7. The van der Waals surface area contributed by atoms with Crippen molar-refractivity contribution in [1.29, 1.82) is 0 Å². The molecule has 2 rings (SSSR count). The van der Waals surface area contributed by atoms with Crippen LogP contribution < -0.4 is 5.32 Å². The van der Waals surface area contributed by atoms with Crippen LogP contribution in [0.4, 0.5) is 13.2 Å². The SMILES string of the molecule is FC(F)(F)Sc1ccc(CNCc2ccco2)cc1. The highest BCUT2D eigenvalue weighted by atomic mass is 32.2. The van der Waals surface area contributed by atoms with Crippen LogP contribution in [0, 0.1) is 0 Å². The van der Waals surface area contributed by atoms with Crippen molar-refractivity contribution in [2.45, 2.75) is 23.5 Å². The Bertz CT molecular complexity index is 494. The first-order chi connectivity index (χ1) is 9.03. The van der Waals surface area contributed by atoms with Crippen molar-refractivity contribution in [1.82, 2.24) is 5.32 Å². The Kier molecular flexibility index (Phi) is 4.55. The molecule has 0 bridgehead atoms. The van der Waals surface area contributed by atoms with Gasteiger partial charge in [0.1, 0.15) is 5.76 Å². The Morgan fingerprint density at radius 1 is 1.05 bits per heavy atom. The van der Waals surface area contributed by atoms with E-state index in [-0.39, 0.29) is 16.7 Å². The monoisotopic (exact) mass is 287 g/mol. The number of hydrogen-bond acceptors (Lipinski definition) is 3. The minimum atomic E-state index is -4.24. The molecular formula is C13H12F3NOS. The van der Waals surface area contributed by atoms with Gasteiger partial charge in [0, 0.05) is 11.4 Å². The van der Waals surface area contributed by atoms with E-state index in [0.717, 1.165) is 11.3 Å². The number of thioether (sulfide) groups is 1. The van der Waals surface area contributed by atoms with Crippen LogP contribution in [0.25, 0.3) is 0 Å². The first-order valence-electron chi connectivity index (χ1n) is 5.61. The molecule has 1 aromatic heterocycles. The van der Waals surface area contributed by atoms with Crippen molar-refractivity contribution < 1.29 is 17.6 Å². The quantitative estimate of drug-likeness (QED) is 0.835. The molecule has 2 aromatic rings. The standard InChI is InChI=1S/C13H12F3NOS/c14-13(15,16)19-12-5-3-10(4-6-12)8-17-9-11-2-1-7-18-11/h1-7,17H,8-9H2. The lowest BCUT2D eigenvalue weighted by molar-refractivity contribution is -0.0328. The van der Waals surface area contributed by atoms with Crippen LogP contribution in [0.15, 0.2) is 52.0 Å². The summed E-state index contributed by atoms with van der Waals surface area (Å²) in [6, 6.07) is 9.98. The molecule has 0 saturated carbocycles. The predicted molar refractivity (Wildman–Crippen MR) is 67.6 cm³/mol. The van der Waals surface area contributed by atoms with E-state index >= 15 is 0 Å². The molecule has 0 unspecified atom stereocenters. The summed E-state index contributed by atoms with van der Waals surface area (Å²) >= 11 is -0.104. The Balaban J connectivity index is 1.81. The number of nitrogens with one attached hydrogen (secondary N) is 1. The maximum absolute atomic E-state index is 12.1. The molecule has 102 valence electrons. The van der Waals surface area contributed by atoms with Crippen LogP contribution in [0.2, 0.25) is 0 Å². The fraction of sp³-hybridized carbons (Fsp3) is 0.231. The molecule has 0 fully saturated rings. The summed E-state index contributed by atoms with van der Waals surface area (Å²) in [4.78, 5) is 0.197. The van der Waals surface area contributed by atoms with Crippen LogP contribution in [0.1, 0.15) is 11.3 Å². The van der Waals surface area contributed by atoms with Crippen molar-refractivity contribution in [2.75, 3.05) is 0 Å². The third-order valence-electron chi connectivity index (χ3n) is 2.37. The molecule has 0 aliphatic carbocycles. The lowest BCUT2D eigenvalue weighted by Crippen LogP contribution is -2.11. The summed E-state index contributed by atoms with van der Waals surface area (Å²) in [6.07, 6.45) is 1.60. The van der Waals surface area contributed by atoms with Crippen LogP contribution >= 0.6 is 11.8 Å². The van der Waals surface area contributed by atoms with E-state index in [0.29, 0.717) is 13.1 Å². The van der Waals surface area contributed by atoms with Gasteiger partial charge >= 0.3 is 5.51 Å². The topological polar surface area (TPSA) is 25.2 Å².